The van der Waals surface area contributed by atoms with E-state index >= 15 is 0 Å². The molecule has 22 heavy (non-hydrogen) atoms. The second kappa shape index (κ2) is 6.51. The van der Waals surface area contributed by atoms with Crippen molar-refractivity contribution in [1.82, 2.24) is 9.97 Å². The molecule has 0 bridgehead atoms. The Morgan fingerprint density at radius 1 is 0.909 bits per heavy atom. The van der Waals surface area contributed by atoms with Gasteiger partial charge in [0.05, 0.1) is 19.9 Å². The number of ether oxygens (including phenoxy) is 2. The summed E-state index contributed by atoms with van der Waals surface area (Å²) in [5.74, 6) is 2.23. The first-order chi connectivity index (χ1) is 10.8. The smallest absolute Gasteiger partial charge is 0.228 e. The van der Waals surface area contributed by atoms with Crippen LogP contribution in [0.5, 0.6) is 11.6 Å². The highest BCUT2D eigenvalue weighted by Gasteiger charge is 2.21. The summed E-state index contributed by atoms with van der Waals surface area (Å²) in [5, 5.41) is 0. The van der Waals surface area contributed by atoms with E-state index in [0.717, 1.165) is 43.6 Å². The van der Waals surface area contributed by atoms with Crippen molar-refractivity contribution in [3.8, 4) is 11.6 Å². The molecule has 6 heteroatoms. The fraction of sp³-hybridized carbons (Fsp3) is 0.375. The predicted octanol–water partition coefficient (Wildman–Crippen LogP) is 1.82. The standard InChI is InChI=1S/C16H20N4O2/c1-21-14-6-4-3-5-13(14)19-9-11-20(12-10-19)16-17-8-7-15(18-16)22-2/h3-8H,9-12H2,1-2H3. The summed E-state index contributed by atoms with van der Waals surface area (Å²) in [6.07, 6.45) is 1.73. The number of methoxy groups -OCH3 is 2. The van der Waals surface area contributed by atoms with Crippen molar-refractivity contribution in [2.24, 2.45) is 0 Å². The van der Waals surface area contributed by atoms with E-state index in [-0.39, 0.29) is 0 Å². The molecule has 0 N–H and O–H groups in total. The minimum atomic E-state index is 0.595. The summed E-state index contributed by atoms with van der Waals surface area (Å²) >= 11 is 0. The molecule has 1 aromatic carbocycles. The topological polar surface area (TPSA) is 50.7 Å². The van der Waals surface area contributed by atoms with Crippen LogP contribution in [0.2, 0.25) is 0 Å². The van der Waals surface area contributed by atoms with Gasteiger partial charge < -0.3 is 19.3 Å². The van der Waals surface area contributed by atoms with Crippen LogP contribution in [0.15, 0.2) is 36.5 Å². The molecule has 0 aliphatic carbocycles. The van der Waals surface area contributed by atoms with Crippen LogP contribution in [-0.4, -0.2) is 50.4 Å². The van der Waals surface area contributed by atoms with Gasteiger partial charge in [-0.05, 0) is 12.1 Å². The average Bonchev–Trinajstić information content (AvgIpc) is 2.62. The van der Waals surface area contributed by atoms with E-state index in [9.17, 15) is 0 Å². The van der Waals surface area contributed by atoms with Crippen molar-refractivity contribution in [3.63, 3.8) is 0 Å². The van der Waals surface area contributed by atoms with E-state index in [1.807, 2.05) is 18.2 Å². The third-order valence-corrected chi connectivity index (χ3v) is 3.81. The van der Waals surface area contributed by atoms with Crippen LogP contribution < -0.4 is 19.3 Å². The Morgan fingerprint density at radius 3 is 2.36 bits per heavy atom. The summed E-state index contributed by atoms with van der Waals surface area (Å²) in [6, 6.07) is 9.87. The number of rotatable bonds is 4. The number of hydrogen-bond acceptors (Lipinski definition) is 6. The van der Waals surface area contributed by atoms with Crippen LogP contribution in [0.25, 0.3) is 0 Å². The zero-order chi connectivity index (χ0) is 15.4. The predicted molar refractivity (Wildman–Crippen MR) is 86.0 cm³/mol. The van der Waals surface area contributed by atoms with Gasteiger partial charge in [0.2, 0.25) is 11.8 Å². The lowest BCUT2D eigenvalue weighted by Gasteiger charge is -2.36. The van der Waals surface area contributed by atoms with Crippen molar-refractivity contribution in [3.05, 3.63) is 36.5 Å². The van der Waals surface area contributed by atoms with E-state index in [2.05, 4.69) is 25.8 Å². The Labute approximate surface area is 130 Å². The lowest BCUT2D eigenvalue weighted by Crippen LogP contribution is -2.47. The van der Waals surface area contributed by atoms with Gasteiger partial charge in [-0.2, -0.15) is 4.98 Å². The molecule has 2 aromatic rings. The van der Waals surface area contributed by atoms with Gasteiger partial charge in [-0.1, -0.05) is 12.1 Å². The van der Waals surface area contributed by atoms with E-state index < -0.39 is 0 Å². The normalized spacial score (nSPS) is 14.8. The van der Waals surface area contributed by atoms with Gasteiger partial charge in [0.25, 0.3) is 0 Å². The average molecular weight is 300 g/mol. The van der Waals surface area contributed by atoms with Crippen LogP contribution in [0.4, 0.5) is 11.6 Å². The third-order valence-electron chi connectivity index (χ3n) is 3.81. The molecule has 2 heterocycles. The number of aromatic nitrogens is 2. The highest BCUT2D eigenvalue weighted by atomic mass is 16.5. The van der Waals surface area contributed by atoms with Crippen LogP contribution >= 0.6 is 0 Å². The maximum absolute atomic E-state index is 5.44. The van der Waals surface area contributed by atoms with Crippen LogP contribution in [0.3, 0.4) is 0 Å². The molecule has 0 spiro atoms. The van der Waals surface area contributed by atoms with E-state index in [0.29, 0.717) is 5.88 Å². The second-order valence-corrected chi connectivity index (χ2v) is 5.04. The molecule has 6 nitrogen and oxygen atoms in total. The lowest BCUT2D eigenvalue weighted by molar-refractivity contribution is 0.396. The molecule has 1 aromatic heterocycles. The molecule has 0 amide bonds. The number of para-hydroxylation sites is 2. The second-order valence-electron chi connectivity index (χ2n) is 5.04. The molecule has 0 saturated carbocycles. The van der Waals surface area contributed by atoms with Gasteiger partial charge in [0, 0.05) is 38.4 Å². The molecule has 0 unspecified atom stereocenters. The number of nitrogens with zero attached hydrogens (tertiary/aromatic N) is 4. The van der Waals surface area contributed by atoms with Crippen LogP contribution in [0, 0.1) is 0 Å². The monoisotopic (exact) mass is 300 g/mol. The number of piperazine rings is 1. The van der Waals surface area contributed by atoms with Crippen molar-refractivity contribution in [2.45, 2.75) is 0 Å². The first kappa shape index (κ1) is 14.4. The lowest BCUT2D eigenvalue weighted by atomic mass is 10.2. The summed E-state index contributed by atoms with van der Waals surface area (Å²) < 4.78 is 10.6. The molecule has 1 aliphatic heterocycles. The fourth-order valence-corrected chi connectivity index (χ4v) is 2.64. The van der Waals surface area contributed by atoms with E-state index in [4.69, 9.17) is 9.47 Å². The van der Waals surface area contributed by atoms with Gasteiger partial charge in [0.1, 0.15) is 5.75 Å². The molecule has 3 rings (SSSR count). The van der Waals surface area contributed by atoms with Gasteiger partial charge in [0.15, 0.2) is 0 Å². The van der Waals surface area contributed by atoms with Crippen molar-refractivity contribution in [2.75, 3.05) is 50.2 Å². The Morgan fingerprint density at radius 2 is 1.64 bits per heavy atom. The molecule has 1 saturated heterocycles. The molecule has 0 radical (unpaired) electrons. The molecule has 1 aliphatic rings. The first-order valence-electron chi connectivity index (χ1n) is 7.32. The minimum Gasteiger partial charge on any atom is -0.495 e. The van der Waals surface area contributed by atoms with E-state index in [1.54, 1.807) is 26.5 Å². The van der Waals surface area contributed by atoms with Crippen LogP contribution in [-0.2, 0) is 0 Å². The minimum absolute atomic E-state index is 0.595. The fourth-order valence-electron chi connectivity index (χ4n) is 2.64. The zero-order valence-electron chi connectivity index (χ0n) is 12.9. The molecule has 1 fully saturated rings. The molecular weight excluding hydrogens is 280 g/mol. The first-order valence-corrected chi connectivity index (χ1v) is 7.32. The van der Waals surface area contributed by atoms with E-state index in [1.165, 1.54) is 0 Å². The molecular formula is C16H20N4O2. The quantitative estimate of drug-likeness (QED) is 0.858. The number of benzene rings is 1. The zero-order valence-corrected chi connectivity index (χ0v) is 12.9. The molecule has 116 valence electrons. The van der Waals surface area contributed by atoms with Gasteiger partial charge >= 0.3 is 0 Å². The summed E-state index contributed by atoms with van der Waals surface area (Å²) in [4.78, 5) is 13.2. The third kappa shape index (κ3) is 2.90. The number of hydrogen-bond donors (Lipinski definition) is 0. The Hall–Kier alpha value is -2.50. The van der Waals surface area contributed by atoms with Gasteiger partial charge in [-0.3, -0.25) is 0 Å². The highest BCUT2D eigenvalue weighted by molar-refractivity contribution is 5.59. The van der Waals surface area contributed by atoms with Crippen molar-refractivity contribution in [1.29, 1.82) is 0 Å². The maximum atomic E-state index is 5.44. The summed E-state index contributed by atoms with van der Waals surface area (Å²) in [5.41, 5.74) is 1.14. The van der Waals surface area contributed by atoms with Gasteiger partial charge in [-0.15, -0.1) is 0 Å². The Kier molecular flexibility index (Phi) is 4.27. The van der Waals surface area contributed by atoms with Crippen LogP contribution in [0.1, 0.15) is 0 Å². The maximum Gasteiger partial charge on any atom is 0.228 e. The molecule has 0 atom stereocenters. The Bertz CT molecular complexity index is 627. The SMILES string of the molecule is COc1ccnc(N2CCN(c3ccccc3OC)CC2)n1. The van der Waals surface area contributed by atoms with Crippen molar-refractivity contribution < 1.29 is 9.47 Å². The summed E-state index contributed by atoms with van der Waals surface area (Å²) in [6.45, 7) is 3.54. The highest BCUT2D eigenvalue weighted by Crippen LogP contribution is 2.28. The van der Waals surface area contributed by atoms with Crippen molar-refractivity contribution >= 4 is 11.6 Å². The summed E-state index contributed by atoms with van der Waals surface area (Å²) in [7, 11) is 3.32. The number of anilines is 2. The van der Waals surface area contributed by atoms with Gasteiger partial charge in [-0.25, -0.2) is 4.98 Å². The largest absolute Gasteiger partial charge is 0.495 e. The Balaban J connectivity index is 1.69.